The van der Waals surface area contributed by atoms with Gasteiger partial charge in [-0.3, -0.25) is 4.79 Å². The normalized spacial score (nSPS) is 15.9. The number of benzene rings is 1. The van der Waals surface area contributed by atoms with Gasteiger partial charge >= 0.3 is 0 Å². The summed E-state index contributed by atoms with van der Waals surface area (Å²) in [4.78, 5) is 34.1. The molecule has 1 amide bonds. The lowest BCUT2D eigenvalue weighted by molar-refractivity contribution is -0.127. The van der Waals surface area contributed by atoms with Gasteiger partial charge in [-0.1, -0.05) is 0 Å². The average Bonchev–Trinajstić information content (AvgIpc) is 3.38. The number of pyridine rings is 2. The van der Waals surface area contributed by atoms with Gasteiger partial charge in [-0.2, -0.15) is 5.10 Å². The predicted molar refractivity (Wildman–Crippen MR) is 158 cm³/mol. The molecule has 5 heterocycles. The Morgan fingerprint density at radius 2 is 1.95 bits per heavy atom. The van der Waals surface area contributed by atoms with Crippen molar-refractivity contribution in [2.45, 2.75) is 32.7 Å². The van der Waals surface area contributed by atoms with Crippen molar-refractivity contribution in [1.29, 1.82) is 0 Å². The Morgan fingerprint density at radius 3 is 2.79 bits per heavy atom. The summed E-state index contributed by atoms with van der Waals surface area (Å²) < 4.78 is 32.9. The Kier molecular flexibility index (Phi) is 7.77. The number of ether oxygens (including phenoxy) is 1. The number of alkyl halides is 2. The maximum Gasteiger partial charge on any atom is 0.257 e. The molecule has 1 atom stereocenters. The highest BCUT2D eigenvalue weighted by Crippen LogP contribution is 2.30. The molecule has 1 aliphatic rings. The molecule has 1 N–H and O–H groups in total. The van der Waals surface area contributed by atoms with Gasteiger partial charge in [0.15, 0.2) is 11.5 Å². The van der Waals surface area contributed by atoms with Gasteiger partial charge in [0, 0.05) is 49.7 Å². The monoisotopic (exact) mass is 585 g/mol. The molecule has 220 valence electrons. The third kappa shape index (κ3) is 6.20. The summed E-state index contributed by atoms with van der Waals surface area (Å²) >= 11 is 0. The second-order valence-corrected chi connectivity index (χ2v) is 10.2. The smallest absolute Gasteiger partial charge is 0.257 e. The van der Waals surface area contributed by atoms with Crippen LogP contribution in [0.15, 0.2) is 73.5 Å². The fourth-order valence-corrected chi connectivity index (χ4v) is 5.03. The number of halogens is 2. The molecule has 4 aromatic heterocycles. The molecule has 1 aliphatic heterocycles. The fourth-order valence-electron chi connectivity index (χ4n) is 5.03. The van der Waals surface area contributed by atoms with Crippen LogP contribution in [0, 0.1) is 6.92 Å². The first-order chi connectivity index (χ1) is 20.8. The van der Waals surface area contributed by atoms with Crippen molar-refractivity contribution in [3.8, 4) is 11.5 Å². The molecule has 6 rings (SSSR count). The number of allylic oxidation sites excluding steroid dienone is 1. The fraction of sp³-hybridized carbons (Fsp3) is 0.267. The molecule has 1 saturated heterocycles. The van der Waals surface area contributed by atoms with Gasteiger partial charge in [-0.25, -0.2) is 33.2 Å². The third-order valence-electron chi connectivity index (χ3n) is 7.34. The average molecular weight is 586 g/mol. The summed E-state index contributed by atoms with van der Waals surface area (Å²) in [6, 6.07) is 13.1. The minimum Gasteiger partial charge on any atom is -0.457 e. The van der Waals surface area contributed by atoms with Crippen LogP contribution in [0.3, 0.4) is 0 Å². The van der Waals surface area contributed by atoms with Gasteiger partial charge in [0.05, 0.1) is 5.52 Å². The SMILES string of the molecule is Cc1cc(Nc2ncnc3ccc(N4CC[C@@H](C)N(C(=O)/C=C/C(F)F)CC4)nc23)ccc1Oc1ccn2ncnc2c1. The lowest BCUT2D eigenvalue weighted by Crippen LogP contribution is -2.39. The number of aryl methyl sites for hydroxylation is 1. The van der Waals surface area contributed by atoms with Crippen molar-refractivity contribution in [1.82, 2.24) is 34.4 Å². The Hall–Kier alpha value is -5.20. The Morgan fingerprint density at radius 1 is 1.07 bits per heavy atom. The van der Waals surface area contributed by atoms with Gasteiger partial charge in [-0.15, -0.1) is 0 Å². The standard InChI is InChI=1S/C30H29F2N9O2/c1-19-15-21(3-5-24(19)43-22-10-12-41-27(16-22)34-18-36-41)37-30-29-23(33-17-35-30)4-7-26(38-29)39-11-9-20(2)40(14-13-39)28(42)8-6-25(31)32/h3-8,10,12,15-18,20,25H,9,11,13-14H2,1-2H3,(H,33,35,37)/b8-6+/t20-/m1/s1. The first-order valence-electron chi connectivity index (χ1n) is 13.8. The van der Waals surface area contributed by atoms with Crippen LogP contribution in [0.4, 0.5) is 26.1 Å². The molecule has 0 spiro atoms. The largest absolute Gasteiger partial charge is 0.457 e. The van der Waals surface area contributed by atoms with E-state index in [0.717, 1.165) is 23.1 Å². The number of hydrogen-bond acceptors (Lipinski definition) is 9. The number of nitrogens with one attached hydrogen (secondary N) is 1. The quantitative estimate of drug-likeness (QED) is 0.259. The molecule has 5 aromatic rings. The first-order valence-corrected chi connectivity index (χ1v) is 13.8. The Labute approximate surface area is 245 Å². The minimum atomic E-state index is -2.66. The zero-order chi connectivity index (χ0) is 29.9. The van der Waals surface area contributed by atoms with Crippen LogP contribution < -0.4 is 15.0 Å². The molecule has 1 aromatic carbocycles. The van der Waals surface area contributed by atoms with Crippen LogP contribution in [-0.2, 0) is 4.79 Å². The number of nitrogens with zero attached hydrogens (tertiary/aromatic N) is 8. The van der Waals surface area contributed by atoms with E-state index in [4.69, 9.17) is 9.72 Å². The molecular formula is C30H29F2N9O2. The van der Waals surface area contributed by atoms with Crippen LogP contribution in [-0.4, -0.2) is 72.5 Å². The van der Waals surface area contributed by atoms with Crippen molar-refractivity contribution in [2.75, 3.05) is 29.9 Å². The second kappa shape index (κ2) is 12.0. The maximum absolute atomic E-state index is 12.6. The molecule has 0 aliphatic carbocycles. The van der Waals surface area contributed by atoms with Gasteiger partial charge in [-0.05, 0) is 68.3 Å². The van der Waals surface area contributed by atoms with Crippen LogP contribution in [0.1, 0.15) is 18.9 Å². The number of carbonyl (C=O) groups is 1. The van der Waals surface area contributed by atoms with E-state index in [2.05, 4.69) is 30.3 Å². The van der Waals surface area contributed by atoms with Gasteiger partial charge in [0.2, 0.25) is 5.91 Å². The Balaban J connectivity index is 1.19. The van der Waals surface area contributed by atoms with E-state index in [-0.39, 0.29) is 6.04 Å². The minimum absolute atomic E-state index is 0.0957. The highest BCUT2D eigenvalue weighted by atomic mass is 19.3. The molecule has 13 heteroatoms. The van der Waals surface area contributed by atoms with Crippen molar-refractivity contribution < 1.29 is 18.3 Å². The molecule has 0 saturated carbocycles. The molecule has 0 radical (unpaired) electrons. The summed E-state index contributed by atoms with van der Waals surface area (Å²) in [6.45, 7) is 5.45. The highest BCUT2D eigenvalue weighted by Gasteiger charge is 2.25. The van der Waals surface area contributed by atoms with E-state index >= 15 is 0 Å². The van der Waals surface area contributed by atoms with Crippen molar-refractivity contribution in [2.24, 2.45) is 0 Å². The van der Waals surface area contributed by atoms with Gasteiger partial charge in [0.25, 0.3) is 6.43 Å². The zero-order valence-corrected chi connectivity index (χ0v) is 23.6. The van der Waals surface area contributed by atoms with Crippen LogP contribution in [0.25, 0.3) is 16.7 Å². The maximum atomic E-state index is 12.6. The van der Waals surface area contributed by atoms with Gasteiger partial charge < -0.3 is 19.9 Å². The van der Waals surface area contributed by atoms with E-state index in [1.165, 1.54) is 12.7 Å². The third-order valence-corrected chi connectivity index (χ3v) is 7.34. The summed E-state index contributed by atoms with van der Waals surface area (Å²) in [7, 11) is 0. The van der Waals surface area contributed by atoms with E-state index < -0.39 is 12.3 Å². The number of anilines is 3. The molecular weight excluding hydrogens is 556 g/mol. The summed E-state index contributed by atoms with van der Waals surface area (Å²) in [5.41, 5.74) is 3.70. The summed E-state index contributed by atoms with van der Waals surface area (Å²) in [5.74, 6) is 2.22. The molecule has 43 heavy (non-hydrogen) atoms. The van der Waals surface area contributed by atoms with E-state index in [0.29, 0.717) is 66.1 Å². The summed E-state index contributed by atoms with van der Waals surface area (Å²) in [5, 5.41) is 7.47. The van der Waals surface area contributed by atoms with Crippen molar-refractivity contribution in [3.05, 3.63) is 79.0 Å². The number of carbonyl (C=O) groups excluding carboxylic acids is 1. The van der Waals surface area contributed by atoms with Crippen LogP contribution >= 0.6 is 0 Å². The van der Waals surface area contributed by atoms with E-state index in [1.807, 2.05) is 56.3 Å². The zero-order valence-electron chi connectivity index (χ0n) is 23.6. The number of hydrogen-bond donors (Lipinski definition) is 1. The lowest BCUT2D eigenvalue weighted by Gasteiger charge is -2.25. The number of amides is 1. The molecule has 0 unspecified atom stereocenters. The predicted octanol–water partition coefficient (Wildman–Crippen LogP) is 5.16. The van der Waals surface area contributed by atoms with E-state index in [9.17, 15) is 13.6 Å². The highest BCUT2D eigenvalue weighted by molar-refractivity contribution is 5.89. The van der Waals surface area contributed by atoms with Crippen molar-refractivity contribution >= 4 is 39.9 Å². The molecule has 0 bridgehead atoms. The second-order valence-electron chi connectivity index (χ2n) is 10.2. The van der Waals surface area contributed by atoms with Crippen LogP contribution in [0.2, 0.25) is 0 Å². The van der Waals surface area contributed by atoms with E-state index in [1.54, 1.807) is 15.6 Å². The topological polar surface area (TPSA) is 114 Å². The van der Waals surface area contributed by atoms with Crippen molar-refractivity contribution in [3.63, 3.8) is 0 Å². The Bertz CT molecular complexity index is 1810. The lowest BCUT2D eigenvalue weighted by atomic mass is 10.2. The number of fused-ring (bicyclic) bond motifs is 2. The summed E-state index contributed by atoms with van der Waals surface area (Å²) in [6.07, 6.45) is 4.36. The number of rotatable bonds is 7. The first kappa shape index (κ1) is 27.9. The van der Waals surface area contributed by atoms with Crippen LogP contribution in [0.5, 0.6) is 11.5 Å². The molecule has 1 fully saturated rings. The number of aromatic nitrogens is 6. The molecule has 11 nitrogen and oxygen atoms in total. The van der Waals surface area contributed by atoms with Gasteiger partial charge in [0.1, 0.15) is 35.5 Å².